The zero-order valence-electron chi connectivity index (χ0n) is 28.4. The first-order chi connectivity index (χ1) is 19.6. The van der Waals surface area contributed by atoms with Crippen LogP contribution in [0.15, 0.2) is 35.6 Å². The zero-order valence-corrected chi connectivity index (χ0v) is 30.5. The highest BCUT2D eigenvalue weighted by molar-refractivity contribution is 6.74. The molecule has 3 aliphatic rings. The van der Waals surface area contributed by atoms with Crippen LogP contribution in [0.25, 0.3) is 0 Å². The first-order valence-electron chi connectivity index (χ1n) is 15.5. The van der Waals surface area contributed by atoms with Crippen LogP contribution in [0.5, 0.6) is 0 Å². The summed E-state index contributed by atoms with van der Waals surface area (Å²) < 4.78 is 18.7. The Labute approximate surface area is 261 Å². The molecule has 2 amide bonds. The molecular weight excluding hydrogens is 581 g/mol. The maximum atomic E-state index is 13.7. The average Bonchev–Trinajstić information content (AvgIpc) is 3.39. The molecule has 0 aromatic carbocycles. The van der Waals surface area contributed by atoms with Crippen LogP contribution in [0.1, 0.15) is 68.2 Å². The highest BCUT2D eigenvalue weighted by Crippen LogP contribution is 2.54. The lowest BCUT2D eigenvalue weighted by molar-refractivity contribution is -0.180. The van der Waals surface area contributed by atoms with Crippen molar-refractivity contribution >= 4 is 35.3 Å². The van der Waals surface area contributed by atoms with Gasteiger partial charge in [0.2, 0.25) is 5.91 Å². The Morgan fingerprint density at radius 1 is 1.14 bits per heavy atom. The molecule has 3 heterocycles. The van der Waals surface area contributed by atoms with Gasteiger partial charge in [-0.3, -0.25) is 9.69 Å². The van der Waals surface area contributed by atoms with Gasteiger partial charge in [-0.1, -0.05) is 60.3 Å². The number of hydrogen-bond donors (Lipinski definition) is 1. The van der Waals surface area contributed by atoms with E-state index >= 15 is 0 Å². The number of carbonyl (C=O) groups is 3. The molecule has 11 heteroatoms. The second-order valence-corrected chi connectivity index (χ2v) is 22.4. The van der Waals surface area contributed by atoms with Crippen LogP contribution in [0.2, 0.25) is 31.2 Å². The molecule has 3 aliphatic heterocycles. The number of carboxylic acid groups (broad SMARTS) is 1. The first kappa shape index (κ1) is 35.3. The average molecular weight is 635 g/mol. The van der Waals surface area contributed by atoms with Gasteiger partial charge in [0.15, 0.2) is 17.4 Å². The van der Waals surface area contributed by atoms with Gasteiger partial charge in [0.05, 0.1) is 29.7 Å². The summed E-state index contributed by atoms with van der Waals surface area (Å²) in [6.45, 7) is 29.4. The van der Waals surface area contributed by atoms with Crippen LogP contribution in [-0.2, 0) is 23.2 Å². The van der Waals surface area contributed by atoms with E-state index in [0.29, 0.717) is 25.0 Å². The molecule has 0 spiro atoms. The summed E-state index contributed by atoms with van der Waals surface area (Å²) >= 11 is 0. The molecule has 242 valence electrons. The van der Waals surface area contributed by atoms with Crippen molar-refractivity contribution in [3.63, 3.8) is 0 Å². The summed E-state index contributed by atoms with van der Waals surface area (Å²) in [6, 6.07) is -0.634. The van der Waals surface area contributed by atoms with Crippen LogP contribution < -0.4 is 0 Å². The van der Waals surface area contributed by atoms with Crippen molar-refractivity contribution < 1.29 is 33.1 Å². The summed E-state index contributed by atoms with van der Waals surface area (Å²) in [4.78, 5) is 42.5. The largest absolute Gasteiger partial charge is 0.477 e. The molecule has 0 unspecified atom stereocenters. The minimum Gasteiger partial charge on any atom is -0.477 e. The fraction of sp³-hybridized carbons (Fsp3) is 0.719. The van der Waals surface area contributed by atoms with E-state index in [1.807, 2.05) is 19.9 Å². The van der Waals surface area contributed by atoms with Gasteiger partial charge in [-0.2, -0.15) is 0 Å². The fourth-order valence-corrected chi connectivity index (χ4v) is 9.18. The van der Waals surface area contributed by atoms with E-state index in [4.69, 9.17) is 13.6 Å². The summed E-state index contributed by atoms with van der Waals surface area (Å²) in [5, 5.41) is 10.3. The van der Waals surface area contributed by atoms with E-state index in [9.17, 15) is 19.5 Å². The van der Waals surface area contributed by atoms with Gasteiger partial charge in [-0.25, -0.2) is 9.59 Å². The predicted octanol–water partition coefficient (Wildman–Crippen LogP) is 6.09. The third-order valence-electron chi connectivity index (χ3n) is 9.98. The van der Waals surface area contributed by atoms with Crippen molar-refractivity contribution in [1.82, 2.24) is 9.80 Å². The van der Waals surface area contributed by atoms with E-state index in [0.717, 1.165) is 5.57 Å². The predicted molar refractivity (Wildman–Crippen MR) is 174 cm³/mol. The minimum atomic E-state index is -2.11. The number of carbonyl (C=O) groups excluding carboxylic acids is 2. The van der Waals surface area contributed by atoms with Crippen LogP contribution in [-0.4, -0.2) is 87.2 Å². The first-order valence-corrected chi connectivity index (χ1v) is 21.1. The van der Waals surface area contributed by atoms with E-state index in [-0.39, 0.29) is 46.9 Å². The topological polar surface area (TPSA) is 106 Å². The van der Waals surface area contributed by atoms with Crippen LogP contribution in [0, 0.1) is 11.3 Å². The maximum absolute atomic E-state index is 13.7. The molecule has 0 saturated carbocycles. The van der Waals surface area contributed by atoms with Crippen LogP contribution >= 0.6 is 0 Å². The summed E-state index contributed by atoms with van der Waals surface area (Å²) in [6.07, 6.45) is 3.86. The Morgan fingerprint density at radius 3 is 2.23 bits per heavy atom. The number of likely N-dealkylation sites (tertiary alicyclic amines) is 1. The van der Waals surface area contributed by atoms with Crippen LogP contribution in [0.4, 0.5) is 4.79 Å². The van der Waals surface area contributed by atoms with Crippen molar-refractivity contribution in [2.45, 2.75) is 123 Å². The van der Waals surface area contributed by atoms with E-state index in [2.05, 4.69) is 74.3 Å². The molecule has 1 N–H and O–H groups in total. The molecule has 0 aromatic rings. The third-order valence-corrected chi connectivity index (χ3v) is 15.5. The molecule has 43 heavy (non-hydrogen) atoms. The Kier molecular flexibility index (Phi) is 10.1. The summed E-state index contributed by atoms with van der Waals surface area (Å²) in [5.41, 5.74) is 0.344. The zero-order chi connectivity index (χ0) is 32.9. The SMILES string of the molecule is C=CCOC(=O)N1C[C@@H](O[Si](C)(C)C(C)(C)C)C[C@H]1/C=C(\C)C1=C(C(=O)O)N2C(=O)[C@H]([C@@](C)(O[SiH](C)C)C(C)(C)C)[C@H]2C1. The molecule has 0 radical (unpaired) electrons. The minimum absolute atomic E-state index is 0.0101. The number of allylic oxidation sites excluding steroid dienone is 1. The van der Waals surface area contributed by atoms with Gasteiger partial charge >= 0.3 is 12.1 Å². The standard InChI is InChI=1S/C32H54N2O7Si2/c1-14-15-39-29(38)33-19-22(40-43(12,13)31(6,7)8)17-21(33)16-20(2)23-18-24-25(27(35)34(24)26(23)28(36)37)32(9,30(3,4)5)41-42(10)11/h14,16,21-22,24-25,42H,1,15,17-19H2,2-13H3,(H,36,37)/b20-16+/t21-,22+,24-,25-,32-/m1/s1. The smallest absolute Gasteiger partial charge is 0.410 e. The Bertz CT molecular complexity index is 1200. The Balaban J connectivity index is 1.96. The molecule has 2 saturated heterocycles. The number of nitrogens with zero attached hydrogens (tertiary/aromatic N) is 2. The van der Waals surface area contributed by atoms with E-state index in [1.54, 1.807) is 4.90 Å². The number of hydrogen-bond acceptors (Lipinski definition) is 6. The van der Waals surface area contributed by atoms with Gasteiger partial charge in [0, 0.05) is 6.54 Å². The van der Waals surface area contributed by atoms with Crippen LogP contribution in [0.3, 0.4) is 0 Å². The normalized spacial score (nSPS) is 26.4. The maximum Gasteiger partial charge on any atom is 0.410 e. The quantitative estimate of drug-likeness (QED) is 0.176. The number of amides is 2. The fourth-order valence-electron chi connectivity index (χ4n) is 6.34. The number of aliphatic carboxylic acids is 1. The Morgan fingerprint density at radius 2 is 1.74 bits per heavy atom. The van der Waals surface area contributed by atoms with Crippen molar-refractivity contribution in [3.05, 3.63) is 35.6 Å². The van der Waals surface area contributed by atoms with Crippen molar-refractivity contribution in [2.24, 2.45) is 11.3 Å². The van der Waals surface area contributed by atoms with E-state index in [1.165, 1.54) is 11.0 Å². The van der Waals surface area contributed by atoms with Crippen molar-refractivity contribution in [1.29, 1.82) is 0 Å². The number of rotatable bonds is 10. The number of β-lactam (4-membered cyclic amide) rings is 1. The van der Waals surface area contributed by atoms with E-state index < -0.39 is 40.9 Å². The summed E-state index contributed by atoms with van der Waals surface area (Å²) in [5.74, 6) is -1.77. The van der Waals surface area contributed by atoms with Gasteiger partial charge in [-0.05, 0) is 74.5 Å². The summed E-state index contributed by atoms with van der Waals surface area (Å²) in [7, 11) is -3.63. The highest BCUT2D eigenvalue weighted by atomic mass is 28.4. The molecule has 0 aliphatic carbocycles. The highest BCUT2D eigenvalue weighted by Gasteiger charge is 2.64. The molecule has 9 nitrogen and oxygen atoms in total. The second kappa shape index (κ2) is 12.3. The van der Waals surface area contributed by atoms with Crippen molar-refractivity contribution in [2.75, 3.05) is 13.2 Å². The third kappa shape index (κ3) is 6.74. The monoisotopic (exact) mass is 634 g/mol. The molecule has 0 aromatic heterocycles. The van der Waals surface area contributed by atoms with Gasteiger partial charge < -0.3 is 23.6 Å². The number of ether oxygens (including phenoxy) is 1. The Hall–Kier alpha value is -2.22. The van der Waals surface area contributed by atoms with Gasteiger partial charge in [0.25, 0.3) is 0 Å². The lowest BCUT2D eigenvalue weighted by atomic mass is 9.63. The molecule has 3 rings (SSSR count). The lowest BCUT2D eigenvalue weighted by Gasteiger charge is -2.57. The molecule has 2 fully saturated rings. The molecule has 5 atom stereocenters. The number of carboxylic acids is 1. The van der Waals surface area contributed by atoms with Gasteiger partial charge in [-0.15, -0.1) is 0 Å². The second-order valence-electron chi connectivity index (χ2n) is 15.3. The lowest BCUT2D eigenvalue weighted by Crippen LogP contribution is -2.70. The molecular formula is C32H54N2O7Si2. The van der Waals surface area contributed by atoms with Crippen molar-refractivity contribution in [3.8, 4) is 0 Å². The molecule has 0 bridgehead atoms. The van der Waals surface area contributed by atoms with Gasteiger partial charge in [0.1, 0.15) is 12.3 Å². The number of fused-ring (bicyclic) bond motifs is 1.